The maximum absolute atomic E-state index is 14.4. The van der Waals surface area contributed by atoms with Gasteiger partial charge >= 0.3 is 5.97 Å². The number of benzene rings is 2. The van der Waals surface area contributed by atoms with Gasteiger partial charge in [-0.15, -0.1) is 0 Å². The Hall–Kier alpha value is -2.79. The van der Waals surface area contributed by atoms with Gasteiger partial charge in [-0.05, 0) is 65.8 Å². The molecule has 0 aliphatic carbocycles. The van der Waals surface area contributed by atoms with Gasteiger partial charge in [0.05, 0.1) is 21.0 Å². The highest BCUT2D eigenvalue weighted by Crippen LogP contribution is 2.43. The summed E-state index contributed by atoms with van der Waals surface area (Å²) in [5.74, 6) is -11.3. The summed E-state index contributed by atoms with van der Waals surface area (Å²) in [6.45, 7) is 9.48. The summed E-state index contributed by atoms with van der Waals surface area (Å²) in [4.78, 5) is 11.9. The average Bonchev–Trinajstić information content (AvgIpc) is 3.10. The fourth-order valence-corrected chi connectivity index (χ4v) is 4.07. The zero-order valence-electron chi connectivity index (χ0n) is 20.1. The molecule has 12 heteroatoms. The first-order valence-corrected chi connectivity index (χ1v) is 11.7. The van der Waals surface area contributed by atoms with Crippen molar-refractivity contribution in [3.63, 3.8) is 0 Å². The third-order valence-electron chi connectivity index (χ3n) is 4.84. The Morgan fingerprint density at radius 3 is 1.89 bits per heavy atom. The molecule has 0 aliphatic heterocycles. The molecule has 0 fully saturated rings. The smallest absolute Gasteiger partial charge is 0.356 e. The van der Waals surface area contributed by atoms with E-state index in [4.69, 9.17) is 21.1 Å². The van der Waals surface area contributed by atoms with E-state index in [-0.39, 0.29) is 28.2 Å². The van der Waals surface area contributed by atoms with Crippen LogP contribution in [0.2, 0.25) is 5.02 Å². The van der Waals surface area contributed by atoms with Crippen molar-refractivity contribution >= 4 is 29.3 Å². The first-order valence-electron chi connectivity index (χ1n) is 10.5. The van der Waals surface area contributed by atoms with Gasteiger partial charge in [-0.1, -0.05) is 23.4 Å². The molecule has 194 valence electrons. The summed E-state index contributed by atoms with van der Waals surface area (Å²) in [5, 5.41) is 4.75. The Morgan fingerprint density at radius 1 is 0.889 bits per heavy atom. The molecule has 0 bridgehead atoms. The molecular formula is C24H22ClF5N2O3S. The third-order valence-corrected chi connectivity index (χ3v) is 6.33. The number of aromatic nitrogens is 2. The van der Waals surface area contributed by atoms with Gasteiger partial charge in [-0.2, -0.15) is 5.10 Å². The van der Waals surface area contributed by atoms with Gasteiger partial charge < -0.3 is 9.47 Å². The van der Waals surface area contributed by atoms with Gasteiger partial charge in [0.25, 0.3) is 0 Å². The summed E-state index contributed by atoms with van der Waals surface area (Å²) in [5.41, 5.74) is -2.21. The van der Waals surface area contributed by atoms with Crippen molar-refractivity contribution in [3.05, 3.63) is 64.1 Å². The van der Waals surface area contributed by atoms with Gasteiger partial charge in [0.1, 0.15) is 5.75 Å². The van der Waals surface area contributed by atoms with Crippen LogP contribution in [-0.2, 0) is 10.3 Å². The number of esters is 1. The van der Waals surface area contributed by atoms with E-state index in [2.05, 4.69) is 5.10 Å². The lowest BCUT2D eigenvalue weighted by Gasteiger charge is -2.26. The van der Waals surface area contributed by atoms with E-state index in [1.54, 1.807) is 45.0 Å². The van der Waals surface area contributed by atoms with Crippen LogP contribution in [0.15, 0.2) is 34.1 Å². The molecule has 0 radical (unpaired) electrons. The number of carbonyl (C=O) groups excluding carboxylic acids is 1. The van der Waals surface area contributed by atoms with Crippen molar-refractivity contribution < 1.29 is 36.2 Å². The molecule has 1 aromatic heterocycles. The van der Waals surface area contributed by atoms with Crippen molar-refractivity contribution in [2.24, 2.45) is 0 Å². The number of nitrogens with zero attached hydrogens (tertiary/aromatic N) is 2. The molecule has 36 heavy (non-hydrogen) atoms. The Labute approximate surface area is 213 Å². The van der Waals surface area contributed by atoms with E-state index in [0.717, 1.165) is 0 Å². The highest BCUT2D eigenvalue weighted by molar-refractivity contribution is 7.99. The van der Waals surface area contributed by atoms with Crippen LogP contribution in [-0.4, -0.2) is 21.4 Å². The van der Waals surface area contributed by atoms with Gasteiger partial charge in [0, 0.05) is 5.02 Å². The molecule has 0 N–H and O–H groups in total. The minimum absolute atomic E-state index is 0.108. The quantitative estimate of drug-likeness (QED) is 0.141. The highest BCUT2D eigenvalue weighted by Gasteiger charge is 2.37. The summed E-state index contributed by atoms with van der Waals surface area (Å²) in [6, 6.07) is 6.22. The maximum atomic E-state index is 14.4. The molecule has 3 rings (SSSR count). The summed E-state index contributed by atoms with van der Waals surface area (Å²) >= 11 is 6.08. The summed E-state index contributed by atoms with van der Waals surface area (Å²) in [7, 11) is 0. The van der Waals surface area contributed by atoms with Gasteiger partial charge in [0.15, 0.2) is 23.3 Å². The zero-order valence-corrected chi connectivity index (χ0v) is 21.7. The molecule has 1 heterocycles. The standard InChI is InChI=1S/C24H22ClF5N2O3S/c1-11-19(36-20-17(29)15(27)14(26)16(28)18(20)30)21(32(31-11)23(2,3)4)34-22(33)24(5,6)35-13-9-7-12(25)8-10-13/h7-10H,1-6H3. The van der Waals surface area contributed by atoms with E-state index >= 15 is 0 Å². The highest BCUT2D eigenvalue weighted by atomic mass is 35.5. The molecule has 2 aromatic carbocycles. The first-order chi connectivity index (χ1) is 16.5. The molecule has 0 unspecified atom stereocenters. The van der Waals surface area contributed by atoms with Crippen LogP contribution in [0.5, 0.6) is 11.6 Å². The lowest BCUT2D eigenvalue weighted by atomic mass is 10.1. The summed E-state index contributed by atoms with van der Waals surface area (Å²) < 4.78 is 82.5. The molecule has 0 saturated heterocycles. The molecule has 5 nitrogen and oxygen atoms in total. The van der Waals surface area contributed by atoms with E-state index in [1.807, 2.05) is 0 Å². The normalized spacial score (nSPS) is 12.1. The molecule has 0 atom stereocenters. The zero-order chi connectivity index (χ0) is 27.2. The number of rotatable bonds is 6. The van der Waals surface area contributed by atoms with Crippen LogP contribution in [0.4, 0.5) is 22.0 Å². The average molecular weight is 549 g/mol. The van der Waals surface area contributed by atoms with Crippen LogP contribution >= 0.6 is 23.4 Å². The molecule has 0 spiro atoms. The monoisotopic (exact) mass is 548 g/mol. The van der Waals surface area contributed by atoms with Crippen molar-refractivity contribution in [2.75, 3.05) is 0 Å². The van der Waals surface area contributed by atoms with Crippen LogP contribution < -0.4 is 9.47 Å². The fraction of sp³-hybridized carbons (Fsp3) is 0.333. The second-order valence-electron chi connectivity index (χ2n) is 9.26. The lowest BCUT2D eigenvalue weighted by molar-refractivity contribution is -0.150. The van der Waals surface area contributed by atoms with E-state index in [9.17, 15) is 26.7 Å². The number of carbonyl (C=O) groups is 1. The van der Waals surface area contributed by atoms with Crippen molar-refractivity contribution in [3.8, 4) is 11.6 Å². The maximum Gasteiger partial charge on any atom is 0.356 e. The van der Waals surface area contributed by atoms with E-state index in [0.29, 0.717) is 10.8 Å². The third kappa shape index (κ3) is 5.46. The van der Waals surface area contributed by atoms with Crippen molar-refractivity contribution in [2.45, 2.75) is 62.5 Å². The largest absolute Gasteiger partial charge is 0.476 e. The van der Waals surface area contributed by atoms with E-state index < -0.39 is 51.1 Å². The van der Waals surface area contributed by atoms with Crippen molar-refractivity contribution in [1.29, 1.82) is 0 Å². The SMILES string of the molecule is Cc1nn(C(C)(C)C)c(OC(=O)C(C)(C)Oc2ccc(Cl)cc2)c1Sc1c(F)c(F)c(F)c(F)c1F. The first kappa shape index (κ1) is 27.8. The van der Waals surface area contributed by atoms with Crippen LogP contribution in [0.25, 0.3) is 0 Å². The molecule has 3 aromatic rings. The molecular weight excluding hydrogens is 527 g/mol. The van der Waals surface area contributed by atoms with E-state index in [1.165, 1.54) is 25.5 Å². The Kier molecular flexibility index (Phi) is 7.67. The van der Waals surface area contributed by atoms with Crippen LogP contribution in [0.3, 0.4) is 0 Å². The minimum atomic E-state index is -2.27. The van der Waals surface area contributed by atoms with Gasteiger partial charge in [-0.3, -0.25) is 0 Å². The second-order valence-corrected chi connectivity index (χ2v) is 10.7. The topological polar surface area (TPSA) is 53.4 Å². The second kappa shape index (κ2) is 9.93. The Balaban J connectivity index is 2.05. The van der Waals surface area contributed by atoms with Gasteiger partial charge in [-0.25, -0.2) is 31.4 Å². The number of hydrogen-bond donors (Lipinski definition) is 0. The fourth-order valence-electron chi connectivity index (χ4n) is 2.98. The summed E-state index contributed by atoms with van der Waals surface area (Å²) in [6.07, 6.45) is 0. The number of aryl methyl sites for hydroxylation is 1. The Bertz CT molecular complexity index is 1290. The molecule has 0 aliphatic rings. The molecule has 0 amide bonds. The number of halogens is 6. The predicted octanol–water partition coefficient (Wildman–Crippen LogP) is 7.21. The predicted molar refractivity (Wildman–Crippen MR) is 124 cm³/mol. The number of hydrogen-bond acceptors (Lipinski definition) is 5. The Morgan fingerprint density at radius 2 is 1.39 bits per heavy atom. The van der Waals surface area contributed by atoms with Gasteiger partial charge in [0.2, 0.25) is 17.3 Å². The molecule has 0 saturated carbocycles. The van der Waals surface area contributed by atoms with Crippen LogP contribution in [0, 0.1) is 36.0 Å². The lowest BCUT2D eigenvalue weighted by Crippen LogP contribution is -2.42. The van der Waals surface area contributed by atoms with Crippen molar-refractivity contribution in [1.82, 2.24) is 9.78 Å². The minimum Gasteiger partial charge on any atom is -0.476 e. The van der Waals surface area contributed by atoms with Crippen LogP contribution in [0.1, 0.15) is 40.3 Å². The number of ether oxygens (including phenoxy) is 2.